The van der Waals surface area contributed by atoms with E-state index < -0.39 is 5.97 Å². The van der Waals surface area contributed by atoms with Crippen molar-refractivity contribution in [3.63, 3.8) is 0 Å². The van der Waals surface area contributed by atoms with Gasteiger partial charge in [0, 0.05) is 5.69 Å². The summed E-state index contributed by atoms with van der Waals surface area (Å²) in [6.45, 7) is 3.55. The Morgan fingerprint density at radius 3 is 2.07 bits per heavy atom. The fourth-order valence-electron chi connectivity index (χ4n) is 2.74. The van der Waals surface area contributed by atoms with E-state index in [2.05, 4.69) is 5.32 Å². The summed E-state index contributed by atoms with van der Waals surface area (Å²) in [6.07, 6.45) is 0. The van der Waals surface area contributed by atoms with Gasteiger partial charge in [0.15, 0.2) is 6.61 Å². The number of rotatable bonds is 6. The monoisotopic (exact) mass is 375 g/mol. The van der Waals surface area contributed by atoms with Crippen LogP contribution in [0.4, 0.5) is 5.69 Å². The van der Waals surface area contributed by atoms with Crippen LogP contribution < -0.4 is 10.1 Å². The van der Waals surface area contributed by atoms with Crippen molar-refractivity contribution in [2.45, 2.75) is 13.8 Å². The van der Waals surface area contributed by atoms with Gasteiger partial charge in [-0.2, -0.15) is 0 Å². The van der Waals surface area contributed by atoms with Crippen LogP contribution in [0, 0.1) is 13.8 Å². The van der Waals surface area contributed by atoms with Gasteiger partial charge in [-0.25, -0.2) is 4.79 Å². The van der Waals surface area contributed by atoms with Crippen molar-refractivity contribution >= 4 is 17.6 Å². The van der Waals surface area contributed by atoms with Gasteiger partial charge in [0.25, 0.3) is 5.91 Å². The molecule has 3 rings (SSSR count). The highest BCUT2D eigenvalue weighted by Gasteiger charge is 2.11. The summed E-state index contributed by atoms with van der Waals surface area (Å²) in [6, 6.07) is 21.6. The largest absolute Gasteiger partial charge is 0.457 e. The molecule has 0 fully saturated rings. The summed E-state index contributed by atoms with van der Waals surface area (Å²) in [5.41, 5.74) is 3.12. The summed E-state index contributed by atoms with van der Waals surface area (Å²) >= 11 is 0. The normalized spacial score (nSPS) is 10.2. The molecule has 0 aliphatic carbocycles. The number of benzene rings is 3. The molecule has 5 nitrogen and oxygen atoms in total. The third kappa shape index (κ3) is 5.45. The van der Waals surface area contributed by atoms with Gasteiger partial charge in [-0.1, -0.05) is 24.3 Å². The van der Waals surface area contributed by atoms with Crippen molar-refractivity contribution in [1.29, 1.82) is 0 Å². The van der Waals surface area contributed by atoms with Crippen LogP contribution in [-0.4, -0.2) is 18.5 Å². The second-order valence-electron chi connectivity index (χ2n) is 6.44. The van der Waals surface area contributed by atoms with E-state index in [-0.39, 0.29) is 12.5 Å². The van der Waals surface area contributed by atoms with Crippen molar-refractivity contribution in [3.8, 4) is 11.5 Å². The molecule has 0 radical (unpaired) electrons. The predicted octanol–water partition coefficient (Wildman–Crippen LogP) is 4.89. The number of carbonyl (C=O) groups is 2. The molecule has 5 heteroatoms. The molecule has 0 aliphatic rings. The minimum Gasteiger partial charge on any atom is -0.457 e. The highest BCUT2D eigenvalue weighted by molar-refractivity contribution is 5.95. The van der Waals surface area contributed by atoms with Gasteiger partial charge in [0.2, 0.25) is 0 Å². The molecule has 1 amide bonds. The Kier molecular flexibility index (Phi) is 6.07. The molecule has 142 valence electrons. The minimum absolute atomic E-state index is 0.347. The Hall–Kier alpha value is -3.60. The summed E-state index contributed by atoms with van der Waals surface area (Å²) in [5.74, 6) is 0.361. The first-order valence-electron chi connectivity index (χ1n) is 8.88. The Morgan fingerprint density at radius 1 is 0.821 bits per heavy atom. The highest BCUT2D eigenvalue weighted by Crippen LogP contribution is 2.21. The van der Waals surface area contributed by atoms with Crippen LogP contribution in [0.5, 0.6) is 11.5 Å². The molecule has 0 spiro atoms. The van der Waals surface area contributed by atoms with Crippen molar-refractivity contribution in [2.24, 2.45) is 0 Å². The molecule has 0 aromatic heterocycles. The first kappa shape index (κ1) is 19.2. The number of amides is 1. The van der Waals surface area contributed by atoms with E-state index in [0.717, 1.165) is 11.1 Å². The maximum atomic E-state index is 12.1. The number of nitrogens with one attached hydrogen (secondary N) is 1. The van der Waals surface area contributed by atoms with E-state index in [0.29, 0.717) is 22.7 Å². The van der Waals surface area contributed by atoms with Crippen molar-refractivity contribution < 1.29 is 19.1 Å². The minimum atomic E-state index is -0.568. The van der Waals surface area contributed by atoms with Crippen LogP contribution in [0.15, 0.2) is 72.8 Å². The fraction of sp³-hybridized carbons (Fsp3) is 0.130. The lowest BCUT2D eigenvalue weighted by molar-refractivity contribution is -0.119. The molecule has 0 bridgehead atoms. The van der Waals surface area contributed by atoms with E-state index in [4.69, 9.17) is 9.47 Å². The topological polar surface area (TPSA) is 64.6 Å². The van der Waals surface area contributed by atoms with Gasteiger partial charge < -0.3 is 14.8 Å². The zero-order valence-corrected chi connectivity index (χ0v) is 15.8. The summed E-state index contributed by atoms with van der Waals surface area (Å²) in [5, 5.41) is 2.73. The van der Waals surface area contributed by atoms with Crippen LogP contribution >= 0.6 is 0 Å². The van der Waals surface area contributed by atoms with Gasteiger partial charge in [-0.15, -0.1) is 0 Å². The Morgan fingerprint density at radius 2 is 1.43 bits per heavy atom. The lowest BCUT2D eigenvalue weighted by atomic mass is 10.1. The lowest BCUT2D eigenvalue weighted by Crippen LogP contribution is -2.21. The number of aryl methyl sites for hydroxylation is 2. The van der Waals surface area contributed by atoms with Gasteiger partial charge in [-0.3, -0.25) is 4.79 Å². The molecule has 0 saturated carbocycles. The molecule has 0 heterocycles. The molecule has 0 unspecified atom stereocenters. The van der Waals surface area contributed by atoms with Gasteiger partial charge in [0.05, 0.1) is 5.56 Å². The average Bonchev–Trinajstić information content (AvgIpc) is 2.67. The Bertz CT molecular complexity index is 945. The zero-order valence-electron chi connectivity index (χ0n) is 15.8. The summed E-state index contributed by atoms with van der Waals surface area (Å²) < 4.78 is 10.8. The molecular formula is C23H21NO4. The molecule has 0 saturated heterocycles. The number of hydrogen-bond acceptors (Lipinski definition) is 4. The number of para-hydroxylation sites is 1. The van der Waals surface area contributed by atoms with E-state index >= 15 is 0 Å². The van der Waals surface area contributed by atoms with Crippen LogP contribution in [0.3, 0.4) is 0 Å². The van der Waals surface area contributed by atoms with Crippen LogP contribution in [0.25, 0.3) is 0 Å². The zero-order chi connectivity index (χ0) is 19.9. The maximum absolute atomic E-state index is 12.1. The molecule has 3 aromatic carbocycles. The molecular weight excluding hydrogens is 354 g/mol. The van der Waals surface area contributed by atoms with Crippen LogP contribution in [0.1, 0.15) is 21.5 Å². The molecule has 0 atom stereocenters. The summed E-state index contributed by atoms with van der Waals surface area (Å²) in [7, 11) is 0. The molecule has 0 aliphatic heterocycles. The van der Waals surface area contributed by atoms with Gasteiger partial charge in [-0.05, 0) is 73.5 Å². The van der Waals surface area contributed by atoms with E-state index in [9.17, 15) is 9.59 Å². The van der Waals surface area contributed by atoms with E-state index in [1.807, 2.05) is 62.4 Å². The summed E-state index contributed by atoms with van der Waals surface area (Å²) in [4.78, 5) is 24.2. The SMILES string of the molecule is Cc1cc(C)cc(NC(=O)COC(=O)c2ccc(Oc3ccccc3)cc2)c1. The Labute approximate surface area is 163 Å². The smallest absolute Gasteiger partial charge is 0.338 e. The maximum Gasteiger partial charge on any atom is 0.338 e. The van der Waals surface area contributed by atoms with Gasteiger partial charge >= 0.3 is 5.97 Å². The second kappa shape index (κ2) is 8.86. The number of carbonyl (C=O) groups excluding carboxylic acids is 2. The molecule has 3 aromatic rings. The second-order valence-corrected chi connectivity index (χ2v) is 6.44. The van der Waals surface area contributed by atoms with Gasteiger partial charge in [0.1, 0.15) is 11.5 Å². The third-order valence-electron chi connectivity index (χ3n) is 3.91. The fourth-order valence-corrected chi connectivity index (χ4v) is 2.74. The predicted molar refractivity (Wildman–Crippen MR) is 108 cm³/mol. The van der Waals surface area contributed by atoms with E-state index in [1.165, 1.54) is 0 Å². The Balaban J connectivity index is 1.52. The third-order valence-corrected chi connectivity index (χ3v) is 3.91. The molecule has 28 heavy (non-hydrogen) atoms. The van der Waals surface area contributed by atoms with Crippen molar-refractivity contribution in [2.75, 3.05) is 11.9 Å². The highest BCUT2D eigenvalue weighted by atomic mass is 16.5. The number of esters is 1. The quantitative estimate of drug-likeness (QED) is 0.623. The first-order valence-corrected chi connectivity index (χ1v) is 8.88. The van der Waals surface area contributed by atoms with E-state index in [1.54, 1.807) is 24.3 Å². The standard InChI is InChI=1S/C23H21NO4/c1-16-12-17(2)14-19(13-16)24-22(25)15-27-23(26)18-8-10-21(11-9-18)28-20-6-4-3-5-7-20/h3-14H,15H2,1-2H3,(H,24,25). The number of ether oxygens (including phenoxy) is 2. The van der Waals surface area contributed by atoms with Crippen LogP contribution in [0.2, 0.25) is 0 Å². The average molecular weight is 375 g/mol. The van der Waals surface area contributed by atoms with Crippen LogP contribution in [-0.2, 0) is 9.53 Å². The van der Waals surface area contributed by atoms with Crippen molar-refractivity contribution in [1.82, 2.24) is 0 Å². The first-order chi connectivity index (χ1) is 13.5. The number of anilines is 1. The molecule has 1 N–H and O–H groups in total. The number of hydrogen-bond donors (Lipinski definition) is 1. The lowest BCUT2D eigenvalue weighted by Gasteiger charge is -2.09. The van der Waals surface area contributed by atoms with Crippen molar-refractivity contribution in [3.05, 3.63) is 89.5 Å².